The number of nitrogens with one attached hydrogen (secondary N) is 2. The molecule has 0 aliphatic rings. The van der Waals surface area contributed by atoms with E-state index in [1.807, 2.05) is 52.4 Å². The average Bonchev–Trinajstić information content (AvgIpc) is 3.51. The average molecular weight is 481 g/mol. The fourth-order valence-electron chi connectivity index (χ4n) is 2.84. The van der Waals surface area contributed by atoms with Crippen LogP contribution in [0.3, 0.4) is 0 Å². The Morgan fingerprint density at radius 3 is 2.42 bits per heavy atom. The van der Waals surface area contributed by atoms with E-state index >= 15 is 0 Å². The number of benzene rings is 2. The van der Waals surface area contributed by atoms with Crippen molar-refractivity contribution in [1.82, 2.24) is 25.6 Å². The van der Waals surface area contributed by atoms with Gasteiger partial charge in [0.15, 0.2) is 11.0 Å². The van der Waals surface area contributed by atoms with Crippen molar-refractivity contribution in [3.05, 3.63) is 87.8 Å². The highest BCUT2D eigenvalue weighted by molar-refractivity contribution is 7.99. The summed E-state index contributed by atoms with van der Waals surface area (Å²) in [6, 6.07) is 18.5. The van der Waals surface area contributed by atoms with Crippen LogP contribution in [-0.2, 0) is 4.79 Å². The van der Waals surface area contributed by atoms with Gasteiger partial charge < -0.3 is 0 Å². The summed E-state index contributed by atoms with van der Waals surface area (Å²) in [6.07, 6.45) is 0. The van der Waals surface area contributed by atoms with Gasteiger partial charge in [-0.2, -0.15) is 0 Å². The number of hydrazine groups is 1. The van der Waals surface area contributed by atoms with Crippen LogP contribution >= 0.6 is 23.1 Å². The number of carbonyl (C=O) groups is 2. The number of nitro groups is 1. The molecule has 0 saturated carbocycles. The number of rotatable bonds is 7. The molecule has 2 heterocycles. The molecule has 12 heteroatoms. The molecule has 0 atom stereocenters. The van der Waals surface area contributed by atoms with E-state index in [1.165, 1.54) is 47.4 Å². The third kappa shape index (κ3) is 5.25. The molecule has 166 valence electrons. The number of hydrogen-bond donors (Lipinski definition) is 2. The molecule has 2 aromatic heterocycles. The third-order valence-corrected chi connectivity index (χ3v) is 6.17. The second kappa shape index (κ2) is 10.1. The number of non-ortho nitro benzene ring substituents is 1. The number of hydrogen-bond acceptors (Lipinski definition) is 8. The number of carbonyl (C=O) groups excluding carboxylic acids is 2. The fraction of sp³-hybridized carbons (Fsp3) is 0.0476. The minimum Gasteiger partial charge on any atom is -0.272 e. The maximum absolute atomic E-state index is 12.3. The molecule has 2 amide bonds. The van der Waals surface area contributed by atoms with Crippen LogP contribution in [0.15, 0.2) is 77.3 Å². The quantitative estimate of drug-likeness (QED) is 0.235. The van der Waals surface area contributed by atoms with Crippen molar-refractivity contribution in [1.29, 1.82) is 0 Å². The third-order valence-electron chi connectivity index (χ3n) is 4.38. The molecule has 0 spiro atoms. The van der Waals surface area contributed by atoms with Gasteiger partial charge in [0.1, 0.15) is 0 Å². The monoisotopic (exact) mass is 480 g/mol. The normalized spacial score (nSPS) is 10.5. The summed E-state index contributed by atoms with van der Waals surface area (Å²) >= 11 is 2.71. The van der Waals surface area contributed by atoms with Crippen molar-refractivity contribution in [2.45, 2.75) is 5.16 Å². The van der Waals surface area contributed by atoms with Crippen LogP contribution in [0.5, 0.6) is 0 Å². The zero-order chi connectivity index (χ0) is 23.2. The van der Waals surface area contributed by atoms with Crippen LogP contribution in [0.4, 0.5) is 5.69 Å². The van der Waals surface area contributed by atoms with Crippen molar-refractivity contribution < 1.29 is 14.5 Å². The molecule has 4 rings (SSSR count). The van der Waals surface area contributed by atoms with E-state index < -0.39 is 16.7 Å². The molecule has 0 bridgehead atoms. The smallest absolute Gasteiger partial charge is 0.269 e. The number of nitrogens with zero attached hydrogens (tertiary/aromatic N) is 4. The van der Waals surface area contributed by atoms with Crippen LogP contribution in [0.1, 0.15) is 10.4 Å². The standard InChI is InChI=1S/C21H16N6O4S2/c28-18(22-24-20(29)14-8-10-16(11-9-14)27(30)31)13-33-21-25-23-19(17-7-4-12-32-17)26(21)15-5-2-1-3-6-15/h1-12H,13H2,(H,22,28)(H,24,29). The van der Waals surface area contributed by atoms with Gasteiger partial charge in [0.2, 0.25) is 5.91 Å². The highest BCUT2D eigenvalue weighted by Crippen LogP contribution is 2.30. The zero-order valence-electron chi connectivity index (χ0n) is 16.9. The molecule has 0 aliphatic carbocycles. The first-order valence-corrected chi connectivity index (χ1v) is 11.4. The summed E-state index contributed by atoms with van der Waals surface area (Å²) in [7, 11) is 0. The predicted octanol–water partition coefficient (Wildman–Crippen LogP) is 3.46. The van der Waals surface area contributed by atoms with E-state index in [4.69, 9.17) is 0 Å². The Morgan fingerprint density at radius 2 is 1.76 bits per heavy atom. The van der Waals surface area contributed by atoms with Crippen molar-refractivity contribution in [3.8, 4) is 16.4 Å². The van der Waals surface area contributed by atoms with Crippen LogP contribution in [0.25, 0.3) is 16.4 Å². The summed E-state index contributed by atoms with van der Waals surface area (Å²) in [5.41, 5.74) is 5.54. The topological polar surface area (TPSA) is 132 Å². The Hall–Kier alpha value is -4.03. The summed E-state index contributed by atoms with van der Waals surface area (Å²) < 4.78 is 1.87. The van der Waals surface area contributed by atoms with E-state index in [0.29, 0.717) is 11.0 Å². The molecule has 0 unspecified atom stereocenters. The summed E-state index contributed by atoms with van der Waals surface area (Å²) in [6.45, 7) is 0. The van der Waals surface area contributed by atoms with Crippen LogP contribution in [0, 0.1) is 10.1 Å². The van der Waals surface area contributed by atoms with Crippen molar-refractivity contribution in [2.24, 2.45) is 0 Å². The van der Waals surface area contributed by atoms with E-state index in [0.717, 1.165) is 10.6 Å². The maximum atomic E-state index is 12.3. The number of nitro benzene ring substituents is 1. The largest absolute Gasteiger partial charge is 0.272 e. The van der Waals surface area contributed by atoms with Crippen molar-refractivity contribution in [3.63, 3.8) is 0 Å². The van der Waals surface area contributed by atoms with E-state index in [1.54, 1.807) is 0 Å². The molecule has 0 radical (unpaired) electrons. The molecular formula is C21H16N6O4S2. The first-order chi connectivity index (χ1) is 16.0. The van der Waals surface area contributed by atoms with Gasteiger partial charge >= 0.3 is 0 Å². The number of amides is 2. The van der Waals surface area contributed by atoms with E-state index in [9.17, 15) is 19.7 Å². The Kier molecular flexibility index (Phi) is 6.76. The van der Waals surface area contributed by atoms with Gasteiger partial charge in [0.25, 0.3) is 11.6 Å². The predicted molar refractivity (Wildman–Crippen MR) is 124 cm³/mol. The second-order valence-electron chi connectivity index (χ2n) is 6.55. The molecule has 0 saturated heterocycles. The minimum atomic E-state index is -0.587. The lowest BCUT2D eigenvalue weighted by atomic mass is 10.2. The molecule has 33 heavy (non-hydrogen) atoms. The Labute approximate surface area is 195 Å². The molecule has 2 aromatic carbocycles. The van der Waals surface area contributed by atoms with Crippen molar-refractivity contribution in [2.75, 3.05) is 5.75 Å². The lowest BCUT2D eigenvalue weighted by Gasteiger charge is -2.10. The van der Waals surface area contributed by atoms with Gasteiger partial charge in [0, 0.05) is 23.4 Å². The van der Waals surface area contributed by atoms with Crippen LogP contribution in [-0.4, -0.2) is 37.3 Å². The van der Waals surface area contributed by atoms with Gasteiger partial charge in [-0.3, -0.25) is 35.1 Å². The molecule has 0 fully saturated rings. The first-order valence-electron chi connectivity index (χ1n) is 9.54. The lowest BCUT2D eigenvalue weighted by Crippen LogP contribution is -2.42. The second-order valence-corrected chi connectivity index (χ2v) is 8.44. The van der Waals surface area contributed by atoms with Gasteiger partial charge in [-0.25, -0.2) is 0 Å². The molecule has 2 N–H and O–H groups in total. The zero-order valence-corrected chi connectivity index (χ0v) is 18.5. The summed E-state index contributed by atoms with van der Waals surface area (Å²) in [5, 5.41) is 21.7. The van der Waals surface area contributed by atoms with Gasteiger partial charge in [-0.1, -0.05) is 36.0 Å². The number of thiophene rings is 1. The highest BCUT2D eigenvalue weighted by atomic mass is 32.2. The Morgan fingerprint density at radius 1 is 1.00 bits per heavy atom. The molecule has 0 aliphatic heterocycles. The fourth-order valence-corrected chi connectivity index (χ4v) is 4.29. The molecular weight excluding hydrogens is 464 g/mol. The Balaban J connectivity index is 1.40. The van der Waals surface area contributed by atoms with Crippen LogP contribution in [0.2, 0.25) is 0 Å². The van der Waals surface area contributed by atoms with Gasteiger partial charge in [-0.15, -0.1) is 21.5 Å². The SMILES string of the molecule is O=C(CSc1nnc(-c2cccs2)n1-c1ccccc1)NNC(=O)c1ccc([N+](=O)[O-])cc1. The van der Waals surface area contributed by atoms with Crippen LogP contribution < -0.4 is 10.9 Å². The first kappa shape index (κ1) is 22.2. The Bertz CT molecular complexity index is 1270. The van der Waals surface area contributed by atoms with Gasteiger partial charge in [-0.05, 0) is 35.7 Å². The van der Waals surface area contributed by atoms with Gasteiger partial charge in [0.05, 0.1) is 15.6 Å². The van der Waals surface area contributed by atoms with E-state index in [-0.39, 0.29) is 17.0 Å². The number of thioether (sulfide) groups is 1. The molecule has 10 nitrogen and oxygen atoms in total. The lowest BCUT2D eigenvalue weighted by molar-refractivity contribution is -0.384. The number of para-hydroxylation sites is 1. The highest BCUT2D eigenvalue weighted by Gasteiger charge is 2.18. The molecule has 4 aromatic rings. The minimum absolute atomic E-state index is 0.0179. The summed E-state index contributed by atoms with van der Waals surface area (Å²) in [4.78, 5) is 35.5. The van der Waals surface area contributed by atoms with Crippen molar-refractivity contribution >= 4 is 40.6 Å². The maximum Gasteiger partial charge on any atom is 0.269 e. The number of aromatic nitrogens is 3. The summed E-state index contributed by atoms with van der Waals surface area (Å²) in [5.74, 6) is -0.382. The van der Waals surface area contributed by atoms with E-state index in [2.05, 4.69) is 21.0 Å².